The van der Waals surface area contributed by atoms with E-state index in [9.17, 15) is 13.2 Å². The fourth-order valence-corrected chi connectivity index (χ4v) is 1.57. The maximum atomic E-state index is 11.8. The third kappa shape index (κ3) is 6.32. The summed E-state index contributed by atoms with van der Waals surface area (Å²) in [7, 11) is -0.267. The minimum atomic E-state index is -3.31. The number of amides is 1. The van der Waals surface area contributed by atoms with E-state index in [1.807, 2.05) is 13.8 Å². The van der Waals surface area contributed by atoms with E-state index in [4.69, 9.17) is 5.73 Å². The summed E-state index contributed by atoms with van der Waals surface area (Å²) < 4.78 is 23.4. The fourth-order valence-electron chi connectivity index (χ4n) is 1.23. The molecule has 1 unspecified atom stereocenters. The van der Waals surface area contributed by atoms with Crippen LogP contribution in [0.25, 0.3) is 0 Å². The summed E-state index contributed by atoms with van der Waals surface area (Å²) in [6.07, 6.45) is 1.79. The number of carbonyl (C=O) groups is 1. The Morgan fingerprint density at radius 1 is 1.28 bits per heavy atom. The second kappa shape index (κ2) is 7.06. The number of carbonyl (C=O) groups excluding carboxylic acids is 1. The topological polar surface area (TPSA) is 83.7 Å². The van der Waals surface area contributed by atoms with Gasteiger partial charge in [0.1, 0.15) is 0 Å². The predicted molar refractivity (Wildman–Crippen MR) is 72.5 cm³/mol. The third-order valence-corrected chi connectivity index (χ3v) is 4.27. The van der Waals surface area contributed by atoms with E-state index in [-0.39, 0.29) is 18.5 Å². The number of nitrogens with zero attached hydrogens (tertiary/aromatic N) is 2. The second-order valence-corrected chi connectivity index (χ2v) is 7.12. The summed E-state index contributed by atoms with van der Waals surface area (Å²) >= 11 is 0. The molecule has 0 aromatic carbocycles. The highest BCUT2D eigenvalue weighted by Crippen LogP contribution is 2.04. The first kappa shape index (κ1) is 17.3. The van der Waals surface area contributed by atoms with Crippen LogP contribution in [-0.4, -0.2) is 63.0 Å². The zero-order chi connectivity index (χ0) is 14.5. The van der Waals surface area contributed by atoms with Crippen molar-refractivity contribution in [2.75, 3.05) is 33.4 Å². The van der Waals surface area contributed by atoms with Crippen LogP contribution in [0.2, 0.25) is 0 Å². The average molecular weight is 279 g/mol. The Kier molecular flexibility index (Phi) is 6.80. The molecule has 0 bridgehead atoms. The highest BCUT2D eigenvalue weighted by atomic mass is 32.2. The molecular weight excluding hydrogens is 254 g/mol. The first-order chi connectivity index (χ1) is 8.05. The zero-order valence-electron chi connectivity index (χ0n) is 11.9. The maximum absolute atomic E-state index is 11.8. The predicted octanol–water partition coefficient (Wildman–Crippen LogP) is -0.290. The minimum absolute atomic E-state index is 0.0490. The molecular formula is C11H25N3O3S. The van der Waals surface area contributed by atoms with Crippen LogP contribution in [0.4, 0.5) is 0 Å². The molecule has 2 N–H and O–H groups in total. The summed E-state index contributed by atoms with van der Waals surface area (Å²) in [5.41, 5.74) is 5.89. The van der Waals surface area contributed by atoms with Crippen LogP contribution in [0.5, 0.6) is 0 Å². The number of rotatable bonds is 7. The SMILES string of the molecule is CC(C)C(N)CCN(C)C(=O)CN(C)S(C)(=O)=O. The van der Waals surface area contributed by atoms with Crippen molar-refractivity contribution in [3.63, 3.8) is 0 Å². The molecule has 0 saturated carbocycles. The van der Waals surface area contributed by atoms with Crippen molar-refractivity contribution in [2.45, 2.75) is 26.3 Å². The molecule has 0 aromatic heterocycles. The Morgan fingerprint density at radius 2 is 1.78 bits per heavy atom. The monoisotopic (exact) mass is 279 g/mol. The molecule has 6 nitrogen and oxygen atoms in total. The van der Waals surface area contributed by atoms with Crippen LogP contribution >= 0.6 is 0 Å². The van der Waals surface area contributed by atoms with Gasteiger partial charge in [0.2, 0.25) is 15.9 Å². The van der Waals surface area contributed by atoms with E-state index in [2.05, 4.69) is 0 Å². The molecule has 1 atom stereocenters. The lowest BCUT2D eigenvalue weighted by molar-refractivity contribution is -0.130. The number of nitrogens with two attached hydrogens (primary N) is 1. The molecule has 108 valence electrons. The van der Waals surface area contributed by atoms with Gasteiger partial charge in [-0.05, 0) is 12.3 Å². The van der Waals surface area contributed by atoms with Gasteiger partial charge in [-0.25, -0.2) is 8.42 Å². The van der Waals surface area contributed by atoms with E-state index < -0.39 is 10.0 Å². The normalized spacial score (nSPS) is 14.0. The van der Waals surface area contributed by atoms with E-state index in [0.717, 1.165) is 10.6 Å². The van der Waals surface area contributed by atoms with E-state index in [1.165, 1.54) is 11.9 Å². The number of likely N-dealkylation sites (N-methyl/N-ethyl adjacent to an activating group) is 2. The molecule has 0 aliphatic heterocycles. The lowest BCUT2D eigenvalue weighted by Gasteiger charge is -2.23. The zero-order valence-corrected chi connectivity index (χ0v) is 12.7. The van der Waals surface area contributed by atoms with Crippen LogP contribution in [0, 0.1) is 5.92 Å². The Balaban J connectivity index is 4.20. The first-order valence-corrected chi connectivity index (χ1v) is 7.81. The van der Waals surface area contributed by atoms with Gasteiger partial charge in [0, 0.05) is 26.7 Å². The van der Waals surface area contributed by atoms with Gasteiger partial charge in [0.25, 0.3) is 0 Å². The van der Waals surface area contributed by atoms with Crippen LogP contribution in [0.1, 0.15) is 20.3 Å². The molecule has 18 heavy (non-hydrogen) atoms. The van der Waals surface area contributed by atoms with Gasteiger partial charge >= 0.3 is 0 Å². The van der Waals surface area contributed by atoms with Crippen molar-refractivity contribution in [1.29, 1.82) is 0 Å². The van der Waals surface area contributed by atoms with E-state index >= 15 is 0 Å². The van der Waals surface area contributed by atoms with Gasteiger partial charge < -0.3 is 10.6 Å². The molecule has 0 aliphatic carbocycles. The molecule has 0 radical (unpaired) electrons. The molecule has 0 aromatic rings. The Bertz CT molecular complexity index is 368. The second-order valence-electron chi connectivity index (χ2n) is 5.03. The van der Waals surface area contributed by atoms with E-state index in [0.29, 0.717) is 18.9 Å². The summed E-state index contributed by atoms with van der Waals surface area (Å²) in [6.45, 7) is 4.47. The summed E-state index contributed by atoms with van der Waals surface area (Å²) in [5, 5.41) is 0. The van der Waals surface area contributed by atoms with E-state index in [1.54, 1.807) is 7.05 Å². The number of hydrogen-bond acceptors (Lipinski definition) is 4. The largest absolute Gasteiger partial charge is 0.345 e. The lowest BCUT2D eigenvalue weighted by atomic mass is 10.0. The first-order valence-electron chi connectivity index (χ1n) is 5.96. The van der Waals surface area contributed by atoms with Gasteiger partial charge in [0.15, 0.2) is 0 Å². The molecule has 0 fully saturated rings. The molecule has 0 aliphatic rings. The van der Waals surface area contributed by atoms with Crippen molar-refractivity contribution in [3.05, 3.63) is 0 Å². The summed E-state index contributed by atoms with van der Waals surface area (Å²) in [5.74, 6) is 0.145. The van der Waals surface area contributed by atoms with Crippen molar-refractivity contribution in [2.24, 2.45) is 11.7 Å². The highest BCUT2D eigenvalue weighted by Gasteiger charge is 2.18. The number of hydrogen-bond donors (Lipinski definition) is 1. The van der Waals surface area contributed by atoms with Crippen LogP contribution < -0.4 is 5.73 Å². The quantitative estimate of drug-likeness (QED) is 0.694. The Hall–Kier alpha value is -0.660. The summed E-state index contributed by atoms with van der Waals surface area (Å²) in [4.78, 5) is 13.3. The third-order valence-electron chi connectivity index (χ3n) is 3.00. The molecule has 7 heteroatoms. The molecule has 0 spiro atoms. The molecule has 0 heterocycles. The lowest BCUT2D eigenvalue weighted by Crippen LogP contribution is -2.41. The Morgan fingerprint density at radius 3 is 2.17 bits per heavy atom. The van der Waals surface area contributed by atoms with Crippen molar-refractivity contribution >= 4 is 15.9 Å². The maximum Gasteiger partial charge on any atom is 0.237 e. The number of sulfonamides is 1. The van der Waals surface area contributed by atoms with Crippen LogP contribution in [0.3, 0.4) is 0 Å². The standard InChI is InChI=1S/C11H25N3O3S/c1-9(2)10(12)6-7-13(3)11(15)8-14(4)18(5,16)17/h9-10H,6-8,12H2,1-5H3. The van der Waals surface area contributed by atoms with Gasteiger partial charge in [-0.2, -0.15) is 4.31 Å². The Labute approximate surface area is 110 Å². The van der Waals surface area contributed by atoms with Gasteiger partial charge in [0.05, 0.1) is 12.8 Å². The molecule has 0 rings (SSSR count). The van der Waals surface area contributed by atoms with Crippen molar-refractivity contribution in [3.8, 4) is 0 Å². The summed E-state index contributed by atoms with van der Waals surface area (Å²) in [6, 6.07) is 0.0490. The van der Waals surface area contributed by atoms with Gasteiger partial charge in [-0.1, -0.05) is 13.8 Å². The van der Waals surface area contributed by atoms with Gasteiger partial charge in [-0.15, -0.1) is 0 Å². The van der Waals surface area contributed by atoms with Crippen molar-refractivity contribution < 1.29 is 13.2 Å². The van der Waals surface area contributed by atoms with Gasteiger partial charge in [-0.3, -0.25) is 4.79 Å². The molecule has 1 amide bonds. The smallest absolute Gasteiger partial charge is 0.237 e. The molecule has 0 saturated heterocycles. The van der Waals surface area contributed by atoms with Crippen LogP contribution in [-0.2, 0) is 14.8 Å². The van der Waals surface area contributed by atoms with Crippen molar-refractivity contribution in [1.82, 2.24) is 9.21 Å². The highest BCUT2D eigenvalue weighted by molar-refractivity contribution is 7.88. The fraction of sp³-hybridized carbons (Fsp3) is 0.909. The average Bonchev–Trinajstić information content (AvgIpc) is 2.23. The van der Waals surface area contributed by atoms with Crippen LogP contribution in [0.15, 0.2) is 0 Å². The minimum Gasteiger partial charge on any atom is -0.345 e.